The smallest absolute Gasteiger partial charge is 0.188 e. The molecule has 0 saturated heterocycles. The predicted octanol–water partition coefficient (Wildman–Crippen LogP) is 0.969. The summed E-state index contributed by atoms with van der Waals surface area (Å²) < 4.78 is 0. The highest BCUT2D eigenvalue weighted by Crippen LogP contribution is 2.20. The van der Waals surface area contributed by atoms with Gasteiger partial charge in [0, 0.05) is 17.6 Å². The summed E-state index contributed by atoms with van der Waals surface area (Å²) in [6.07, 6.45) is 3.84. The molecule has 16 heavy (non-hydrogen) atoms. The molecule has 1 aliphatic heterocycles. The van der Waals surface area contributed by atoms with Gasteiger partial charge in [-0.05, 0) is 17.7 Å². The van der Waals surface area contributed by atoms with Crippen molar-refractivity contribution in [1.82, 2.24) is 5.32 Å². The number of nitrogens with one attached hydrogen (secondary N) is 1. The lowest BCUT2D eigenvalue weighted by molar-refractivity contribution is 0.390. The lowest BCUT2D eigenvalue weighted by Gasteiger charge is -2.28. The molecule has 1 aromatic carbocycles. The molecule has 0 radical (unpaired) electrons. The first kappa shape index (κ1) is 11.0. The number of hydrogen-bond acceptors (Lipinski definition) is 4. The zero-order valence-corrected chi connectivity index (χ0v) is 9.41. The van der Waals surface area contributed by atoms with Gasteiger partial charge in [-0.3, -0.25) is 5.73 Å². The summed E-state index contributed by atoms with van der Waals surface area (Å²) in [7, 11) is 0. The second kappa shape index (κ2) is 4.15. The molecule has 0 aliphatic carbocycles. The molecule has 0 bridgehead atoms. The molecule has 2 rings (SSSR count). The Labute approximate surface area is 99.0 Å². The van der Waals surface area contributed by atoms with E-state index in [1.807, 2.05) is 24.3 Å². The molecule has 0 amide bonds. The number of halogens is 1. The fourth-order valence-corrected chi connectivity index (χ4v) is 1.80. The summed E-state index contributed by atoms with van der Waals surface area (Å²) in [5.74, 6) is -0.502. The maximum absolute atomic E-state index is 6.06. The molecule has 0 spiro atoms. The van der Waals surface area contributed by atoms with Gasteiger partial charge in [-0.2, -0.15) is 0 Å². The van der Waals surface area contributed by atoms with Crippen LogP contribution in [0.2, 0.25) is 5.02 Å². The number of nitrogens with zero attached hydrogens (tertiary/aromatic N) is 1. The van der Waals surface area contributed by atoms with E-state index < -0.39 is 5.79 Å². The first-order valence-corrected chi connectivity index (χ1v) is 5.29. The molecule has 0 fully saturated rings. The molecular formula is C11H13ClN4. The highest BCUT2D eigenvalue weighted by Gasteiger charge is 2.25. The molecule has 5 N–H and O–H groups in total. The first-order chi connectivity index (χ1) is 7.59. The second-order valence-electron chi connectivity index (χ2n) is 3.71. The highest BCUT2D eigenvalue weighted by atomic mass is 35.5. The Hall–Kier alpha value is -1.52. The Bertz CT molecular complexity index is 455. The summed E-state index contributed by atoms with van der Waals surface area (Å²) in [5, 5.41) is 3.65. The van der Waals surface area contributed by atoms with Crippen LogP contribution in [-0.2, 0) is 6.42 Å². The molecule has 4 nitrogen and oxygen atoms in total. The fourth-order valence-electron chi connectivity index (χ4n) is 1.59. The molecule has 1 aliphatic rings. The second-order valence-corrected chi connectivity index (χ2v) is 4.11. The maximum atomic E-state index is 6.06. The molecule has 1 unspecified atom stereocenters. The largest absolute Gasteiger partial charge is 0.384 e. The number of nitrogens with two attached hydrogens (primary N) is 2. The third-order valence-corrected chi connectivity index (χ3v) is 2.70. The van der Waals surface area contributed by atoms with Crippen LogP contribution in [-0.4, -0.2) is 11.6 Å². The number of rotatable bonds is 2. The van der Waals surface area contributed by atoms with Gasteiger partial charge in [-0.25, -0.2) is 4.99 Å². The van der Waals surface area contributed by atoms with Crippen molar-refractivity contribution in [3.05, 3.63) is 47.1 Å². The van der Waals surface area contributed by atoms with Crippen molar-refractivity contribution in [2.75, 3.05) is 0 Å². The topological polar surface area (TPSA) is 76.4 Å². The van der Waals surface area contributed by atoms with E-state index in [0.29, 0.717) is 17.3 Å². The summed E-state index contributed by atoms with van der Waals surface area (Å²) >= 11 is 6.06. The third-order valence-electron chi connectivity index (χ3n) is 2.33. The van der Waals surface area contributed by atoms with Gasteiger partial charge in [0.25, 0.3) is 0 Å². The van der Waals surface area contributed by atoms with Crippen molar-refractivity contribution < 1.29 is 0 Å². The summed E-state index contributed by atoms with van der Waals surface area (Å²) in [4.78, 5) is 4.17. The molecule has 0 aromatic heterocycles. The van der Waals surface area contributed by atoms with Gasteiger partial charge >= 0.3 is 0 Å². The molecule has 1 heterocycles. The molecule has 1 aromatic rings. The molecule has 0 saturated carbocycles. The van der Waals surface area contributed by atoms with Crippen LogP contribution < -0.4 is 16.8 Å². The van der Waals surface area contributed by atoms with E-state index in [0.717, 1.165) is 5.56 Å². The van der Waals surface area contributed by atoms with Crippen LogP contribution in [0.25, 0.3) is 0 Å². The van der Waals surface area contributed by atoms with E-state index in [2.05, 4.69) is 10.3 Å². The minimum Gasteiger partial charge on any atom is -0.384 e. The van der Waals surface area contributed by atoms with Crippen LogP contribution in [0.15, 0.2) is 41.5 Å². The SMILES string of the molecule is NC1=NC(N)(Cc2ccccc2Cl)NC=C1. The average molecular weight is 237 g/mol. The van der Waals surface area contributed by atoms with E-state index in [9.17, 15) is 0 Å². The molecule has 1 atom stereocenters. The number of aliphatic imine (C=N–C) groups is 1. The standard InChI is InChI=1S/C11H13ClN4/c12-9-4-2-1-3-8(9)7-11(14)15-6-5-10(13)16-11/h1-6,15H,7,14H2,(H2,13,16). The quantitative estimate of drug-likeness (QED) is 0.716. The van der Waals surface area contributed by atoms with Crippen molar-refractivity contribution in [2.45, 2.75) is 12.2 Å². The average Bonchev–Trinajstić information content (AvgIpc) is 2.21. The summed E-state index contributed by atoms with van der Waals surface area (Å²) in [5.41, 5.74) is 12.6. The normalized spacial score (nSPS) is 23.8. The van der Waals surface area contributed by atoms with Crippen molar-refractivity contribution in [3.63, 3.8) is 0 Å². The zero-order chi connectivity index (χ0) is 11.6. The third kappa shape index (κ3) is 2.35. The molecule has 5 heteroatoms. The van der Waals surface area contributed by atoms with Gasteiger partial charge in [0.1, 0.15) is 5.84 Å². The number of hydrogen-bond donors (Lipinski definition) is 3. The van der Waals surface area contributed by atoms with Crippen molar-refractivity contribution in [3.8, 4) is 0 Å². The van der Waals surface area contributed by atoms with E-state index in [-0.39, 0.29) is 0 Å². The first-order valence-electron chi connectivity index (χ1n) is 4.91. The number of benzene rings is 1. The highest BCUT2D eigenvalue weighted by molar-refractivity contribution is 6.31. The van der Waals surface area contributed by atoms with Crippen LogP contribution in [0.4, 0.5) is 0 Å². The molecular weight excluding hydrogens is 224 g/mol. The predicted molar refractivity (Wildman–Crippen MR) is 66.0 cm³/mol. The van der Waals surface area contributed by atoms with Gasteiger partial charge in [-0.1, -0.05) is 29.8 Å². The Morgan fingerprint density at radius 1 is 1.38 bits per heavy atom. The van der Waals surface area contributed by atoms with Gasteiger partial charge in [-0.15, -0.1) is 0 Å². The van der Waals surface area contributed by atoms with Crippen molar-refractivity contribution in [2.24, 2.45) is 16.5 Å². The minimum absolute atomic E-state index is 0.410. The van der Waals surface area contributed by atoms with Crippen LogP contribution >= 0.6 is 11.6 Å². The van der Waals surface area contributed by atoms with Crippen molar-refractivity contribution >= 4 is 17.4 Å². The van der Waals surface area contributed by atoms with E-state index in [1.54, 1.807) is 12.3 Å². The fraction of sp³-hybridized carbons (Fsp3) is 0.182. The zero-order valence-electron chi connectivity index (χ0n) is 8.65. The Morgan fingerprint density at radius 3 is 2.81 bits per heavy atom. The van der Waals surface area contributed by atoms with E-state index >= 15 is 0 Å². The Kier molecular flexibility index (Phi) is 2.85. The van der Waals surface area contributed by atoms with Gasteiger partial charge < -0.3 is 11.1 Å². The Balaban J connectivity index is 2.22. The minimum atomic E-state index is -0.913. The van der Waals surface area contributed by atoms with Gasteiger partial charge in [0.05, 0.1) is 0 Å². The summed E-state index contributed by atoms with van der Waals surface area (Å²) in [6.45, 7) is 0. The van der Waals surface area contributed by atoms with E-state index in [1.165, 1.54) is 0 Å². The lowest BCUT2D eigenvalue weighted by Crippen LogP contribution is -2.54. The van der Waals surface area contributed by atoms with E-state index in [4.69, 9.17) is 23.1 Å². The van der Waals surface area contributed by atoms with Gasteiger partial charge in [0.2, 0.25) is 0 Å². The van der Waals surface area contributed by atoms with Crippen LogP contribution in [0, 0.1) is 0 Å². The van der Waals surface area contributed by atoms with Crippen molar-refractivity contribution in [1.29, 1.82) is 0 Å². The van der Waals surface area contributed by atoms with Crippen LogP contribution in [0.1, 0.15) is 5.56 Å². The van der Waals surface area contributed by atoms with Crippen LogP contribution in [0.3, 0.4) is 0 Å². The summed E-state index contributed by atoms with van der Waals surface area (Å²) in [6, 6.07) is 7.53. The lowest BCUT2D eigenvalue weighted by atomic mass is 10.1. The maximum Gasteiger partial charge on any atom is 0.188 e. The monoisotopic (exact) mass is 236 g/mol. The molecule has 84 valence electrons. The number of amidine groups is 1. The van der Waals surface area contributed by atoms with Gasteiger partial charge in [0.15, 0.2) is 5.79 Å². The Morgan fingerprint density at radius 2 is 2.12 bits per heavy atom. The van der Waals surface area contributed by atoms with Crippen LogP contribution in [0.5, 0.6) is 0 Å².